The van der Waals surface area contributed by atoms with Gasteiger partial charge >= 0.3 is 0 Å². The summed E-state index contributed by atoms with van der Waals surface area (Å²) >= 11 is 0. The van der Waals surface area contributed by atoms with E-state index in [-0.39, 0.29) is 23.9 Å². The summed E-state index contributed by atoms with van der Waals surface area (Å²) in [5, 5.41) is 15.5. The zero-order valence-electron chi connectivity index (χ0n) is 25.3. The van der Waals surface area contributed by atoms with E-state index >= 15 is 0 Å². The third kappa shape index (κ3) is 7.28. The lowest BCUT2D eigenvalue weighted by Crippen LogP contribution is -2.47. The van der Waals surface area contributed by atoms with Crippen LogP contribution in [-0.2, 0) is 5.41 Å². The Morgan fingerprint density at radius 1 is 0.930 bits per heavy atom. The minimum atomic E-state index is -0.186. The van der Waals surface area contributed by atoms with Crippen LogP contribution in [-0.4, -0.2) is 70.2 Å². The molecule has 0 bridgehead atoms. The standard InChI is InChI=1S/C33H40N8O2/c1-22-27(6-5-7-28(22)36-30(43)23-8-10-24(11-9-23)33(2,3)4)29-37-31(34)39-32(38-29)35-25-12-14-26(15-13-25)41-18-16-40(17-19-41)20-21-42/h5-15,42H,16-21H2,1-4H3,(H,36,43)(H3,34,35,37,38,39). The Kier molecular flexibility index (Phi) is 8.89. The number of benzene rings is 3. The minimum absolute atomic E-state index is 0.0148. The predicted molar refractivity (Wildman–Crippen MR) is 173 cm³/mol. The zero-order chi connectivity index (χ0) is 30.6. The zero-order valence-corrected chi connectivity index (χ0v) is 25.3. The molecular formula is C33H40N8O2. The molecular weight excluding hydrogens is 540 g/mol. The number of anilines is 5. The molecule has 1 amide bonds. The smallest absolute Gasteiger partial charge is 0.255 e. The van der Waals surface area contributed by atoms with E-state index in [1.807, 2.05) is 61.5 Å². The molecule has 10 heteroatoms. The van der Waals surface area contributed by atoms with Crippen LogP contribution in [0.15, 0.2) is 66.7 Å². The molecule has 43 heavy (non-hydrogen) atoms. The van der Waals surface area contributed by atoms with E-state index in [2.05, 4.69) is 68.3 Å². The molecule has 1 aromatic heterocycles. The lowest BCUT2D eigenvalue weighted by molar-refractivity contribution is 0.102. The monoisotopic (exact) mass is 580 g/mol. The number of β-amino-alcohol motifs (C(OH)–C–C–N with tert-alkyl or cyclic N) is 1. The molecule has 0 spiro atoms. The lowest BCUT2D eigenvalue weighted by atomic mass is 9.86. The van der Waals surface area contributed by atoms with E-state index < -0.39 is 0 Å². The number of hydrogen-bond acceptors (Lipinski definition) is 9. The molecule has 1 aliphatic rings. The number of aliphatic hydroxyl groups is 1. The summed E-state index contributed by atoms with van der Waals surface area (Å²) in [6, 6.07) is 21.4. The molecule has 224 valence electrons. The van der Waals surface area contributed by atoms with Crippen molar-refractivity contribution < 1.29 is 9.90 Å². The van der Waals surface area contributed by atoms with Crippen molar-refractivity contribution in [3.63, 3.8) is 0 Å². The van der Waals surface area contributed by atoms with Crippen LogP contribution in [0.3, 0.4) is 0 Å². The van der Waals surface area contributed by atoms with E-state index in [0.717, 1.165) is 55.2 Å². The minimum Gasteiger partial charge on any atom is -0.395 e. The first kappa shape index (κ1) is 29.9. The highest BCUT2D eigenvalue weighted by atomic mass is 16.3. The topological polar surface area (TPSA) is 133 Å². The van der Waals surface area contributed by atoms with Crippen molar-refractivity contribution in [3.05, 3.63) is 83.4 Å². The number of amides is 1. The van der Waals surface area contributed by atoms with Crippen LogP contribution >= 0.6 is 0 Å². The average molecular weight is 581 g/mol. The third-order valence-electron chi connectivity index (χ3n) is 7.77. The molecule has 3 aromatic carbocycles. The summed E-state index contributed by atoms with van der Waals surface area (Å²) in [6.45, 7) is 13.0. The molecule has 0 aliphatic carbocycles. The van der Waals surface area contributed by atoms with E-state index in [1.54, 1.807) is 0 Å². The van der Waals surface area contributed by atoms with E-state index in [0.29, 0.717) is 23.0 Å². The van der Waals surface area contributed by atoms with Crippen molar-refractivity contribution in [2.45, 2.75) is 33.1 Å². The Balaban J connectivity index is 1.29. The number of carbonyl (C=O) groups excluding carboxylic acids is 1. The molecule has 0 atom stereocenters. The highest BCUT2D eigenvalue weighted by Gasteiger charge is 2.18. The van der Waals surface area contributed by atoms with Gasteiger partial charge in [-0.05, 0) is 65.9 Å². The number of carbonyl (C=O) groups is 1. The number of nitrogen functional groups attached to an aromatic ring is 1. The van der Waals surface area contributed by atoms with Gasteiger partial charge < -0.3 is 26.4 Å². The summed E-state index contributed by atoms with van der Waals surface area (Å²) < 4.78 is 0. The van der Waals surface area contributed by atoms with Gasteiger partial charge in [0.25, 0.3) is 5.91 Å². The number of aromatic nitrogens is 3. The van der Waals surface area contributed by atoms with Crippen molar-refractivity contribution in [1.82, 2.24) is 19.9 Å². The Bertz CT molecular complexity index is 1560. The molecule has 5 N–H and O–H groups in total. The SMILES string of the molecule is Cc1c(NC(=O)c2ccc(C(C)(C)C)cc2)cccc1-c1nc(N)nc(Nc2ccc(N3CCN(CCO)CC3)cc2)n1. The van der Waals surface area contributed by atoms with Crippen LogP contribution in [0.1, 0.15) is 42.3 Å². The second kappa shape index (κ2) is 12.8. The number of piperazine rings is 1. The summed E-state index contributed by atoms with van der Waals surface area (Å²) in [6.07, 6.45) is 0. The first-order valence-corrected chi connectivity index (χ1v) is 14.6. The van der Waals surface area contributed by atoms with Gasteiger partial charge in [-0.25, -0.2) is 0 Å². The number of nitrogens with one attached hydrogen (secondary N) is 2. The summed E-state index contributed by atoms with van der Waals surface area (Å²) in [7, 11) is 0. The average Bonchev–Trinajstić information content (AvgIpc) is 2.98. The highest BCUT2D eigenvalue weighted by Crippen LogP contribution is 2.29. The Hall–Kier alpha value is -4.54. The van der Waals surface area contributed by atoms with Gasteiger partial charge in [0.15, 0.2) is 5.82 Å². The fraction of sp³-hybridized carbons (Fsp3) is 0.333. The Labute approximate surface area is 253 Å². The maximum absolute atomic E-state index is 13.1. The summed E-state index contributed by atoms with van der Waals surface area (Å²) in [5.74, 6) is 0.655. The van der Waals surface area contributed by atoms with Gasteiger partial charge in [-0.2, -0.15) is 15.0 Å². The Morgan fingerprint density at radius 2 is 1.63 bits per heavy atom. The van der Waals surface area contributed by atoms with Gasteiger partial charge in [-0.1, -0.05) is 45.0 Å². The maximum Gasteiger partial charge on any atom is 0.255 e. The number of hydrogen-bond donors (Lipinski definition) is 4. The number of nitrogens with zero attached hydrogens (tertiary/aromatic N) is 5. The van der Waals surface area contributed by atoms with E-state index in [9.17, 15) is 9.90 Å². The molecule has 10 nitrogen and oxygen atoms in total. The quantitative estimate of drug-likeness (QED) is 0.231. The largest absolute Gasteiger partial charge is 0.395 e. The van der Waals surface area contributed by atoms with Crippen LogP contribution in [0, 0.1) is 6.92 Å². The summed E-state index contributed by atoms with van der Waals surface area (Å²) in [5.41, 5.74) is 12.1. The van der Waals surface area contributed by atoms with Crippen molar-refractivity contribution in [1.29, 1.82) is 0 Å². The van der Waals surface area contributed by atoms with Gasteiger partial charge in [-0.3, -0.25) is 9.69 Å². The van der Waals surface area contributed by atoms with Crippen LogP contribution in [0.4, 0.5) is 29.0 Å². The molecule has 0 unspecified atom stereocenters. The predicted octanol–water partition coefficient (Wildman–Crippen LogP) is 4.84. The van der Waals surface area contributed by atoms with Gasteiger partial charge in [0.1, 0.15) is 0 Å². The lowest BCUT2D eigenvalue weighted by Gasteiger charge is -2.35. The third-order valence-corrected chi connectivity index (χ3v) is 7.77. The second-order valence-electron chi connectivity index (χ2n) is 11.8. The maximum atomic E-state index is 13.1. The molecule has 1 fully saturated rings. The molecule has 1 saturated heterocycles. The molecule has 1 aliphatic heterocycles. The Morgan fingerprint density at radius 3 is 2.28 bits per heavy atom. The van der Waals surface area contributed by atoms with Crippen molar-refractivity contribution >= 4 is 34.9 Å². The molecule has 4 aromatic rings. The number of rotatable bonds is 8. The van der Waals surface area contributed by atoms with Crippen molar-refractivity contribution in [2.75, 3.05) is 60.6 Å². The number of nitrogens with two attached hydrogens (primary N) is 1. The van der Waals surface area contributed by atoms with Gasteiger partial charge in [0.2, 0.25) is 11.9 Å². The van der Waals surface area contributed by atoms with Gasteiger partial charge in [0, 0.05) is 60.9 Å². The van der Waals surface area contributed by atoms with Crippen molar-refractivity contribution in [3.8, 4) is 11.4 Å². The normalized spacial score (nSPS) is 14.0. The fourth-order valence-corrected chi connectivity index (χ4v) is 5.15. The van der Waals surface area contributed by atoms with Crippen LogP contribution in [0.5, 0.6) is 0 Å². The van der Waals surface area contributed by atoms with Gasteiger partial charge in [-0.15, -0.1) is 0 Å². The van der Waals surface area contributed by atoms with Gasteiger partial charge in [0.05, 0.1) is 6.61 Å². The molecule has 5 rings (SSSR count). The van der Waals surface area contributed by atoms with Crippen molar-refractivity contribution in [2.24, 2.45) is 0 Å². The van der Waals surface area contributed by atoms with E-state index in [1.165, 1.54) is 5.56 Å². The van der Waals surface area contributed by atoms with E-state index in [4.69, 9.17) is 5.73 Å². The van der Waals surface area contributed by atoms with Crippen LogP contribution in [0.2, 0.25) is 0 Å². The van der Waals surface area contributed by atoms with Crippen LogP contribution < -0.4 is 21.3 Å². The summed E-state index contributed by atoms with van der Waals surface area (Å²) in [4.78, 5) is 31.0. The molecule has 0 radical (unpaired) electrons. The highest BCUT2D eigenvalue weighted by molar-refractivity contribution is 6.05. The number of aliphatic hydroxyl groups excluding tert-OH is 1. The van der Waals surface area contributed by atoms with Crippen LogP contribution in [0.25, 0.3) is 11.4 Å². The molecule has 0 saturated carbocycles. The first-order valence-electron chi connectivity index (χ1n) is 14.6. The molecule has 2 heterocycles. The second-order valence-corrected chi connectivity index (χ2v) is 11.8. The fourth-order valence-electron chi connectivity index (χ4n) is 5.15. The first-order chi connectivity index (χ1) is 20.6.